The summed E-state index contributed by atoms with van der Waals surface area (Å²) < 4.78 is 11.0. The Hall–Kier alpha value is -4.91. The standard InChI is InChI=1S/C38H23N3OS2/c1-2-8-21-42-30-20-18-22-23-17-19-29-33(37(23)44-36(22)25(30)11-3-1)24-10-4-6-14-28(24)41(29)38-39-27-13-9-16-32-34(27)35(40-38)26-12-5-7-15-31(26)43-32/h1-10,12-20H,11,21H2. The number of para-hydroxylation sites is 1. The summed E-state index contributed by atoms with van der Waals surface area (Å²) in [5.74, 6) is 1.67. The van der Waals surface area contributed by atoms with E-state index in [1.807, 2.05) is 11.3 Å². The number of fused-ring (bicyclic) bond motifs is 11. The summed E-state index contributed by atoms with van der Waals surface area (Å²) in [6.45, 7) is 0.573. The van der Waals surface area contributed by atoms with Crippen LogP contribution in [-0.4, -0.2) is 21.1 Å². The zero-order valence-electron chi connectivity index (χ0n) is 23.5. The second kappa shape index (κ2) is 9.29. The van der Waals surface area contributed by atoms with Crippen molar-refractivity contribution in [3.05, 3.63) is 121 Å². The molecule has 0 unspecified atom stereocenters. The van der Waals surface area contributed by atoms with E-state index in [1.54, 1.807) is 11.8 Å². The van der Waals surface area contributed by atoms with Crippen LogP contribution in [0, 0.1) is 0 Å². The maximum Gasteiger partial charge on any atom is 0.235 e. The van der Waals surface area contributed by atoms with E-state index in [0.717, 1.165) is 45.4 Å². The molecule has 0 aliphatic carbocycles. The van der Waals surface area contributed by atoms with Crippen LogP contribution in [0.25, 0.3) is 70.1 Å². The van der Waals surface area contributed by atoms with E-state index in [4.69, 9.17) is 14.7 Å². The third kappa shape index (κ3) is 3.41. The Bertz CT molecular complexity index is 2570. The second-order valence-corrected chi connectivity index (χ2v) is 13.3. The molecule has 44 heavy (non-hydrogen) atoms. The van der Waals surface area contributed by atoms with Crippen molar-refractivity contribution in [2.75, 3.05) is 6.61 Å². The summed E-state index contributed by atoms with van der Waals surface area (Å²) in [6, 6.07) is 32.5. The first-order chi connectivity index (χ1) is 21.8. The molecule has 0 saturated heterocycles. The Labute approximate surface area is 260 Å². The lowest BCUT2D eigenvalue weighted by Crippen LogP contribution is -2.05. The van der Waals surface area contributed by atoms with Crippen molar-refractivity contribution in [1.82, 2.24) is 14.5 Å². The molecule has 0 fully saturated rings. The van der Waals surface area contributed by atoms with Crippen LogP contribution in [0.4, 0.5) is 0 Å². The van der Waals surface area contributed by atoms with Crippen molar-refractivity contribution < 1.29 is 4.74 Å². The maximum absolute atomic E-state index is 6.19. The van der Waals surface area contributed by atoms with Crippen LogP contribution in [0.2, 0.25) is 0 Å². The van der Waals surface area contributed by atoms with E-state index in [1.165, 1.54) is 46.3 Å². The van der Waals surface area contributed by atoms with Gasteiger partial charge in [-0.1, -0.05) is 78.5 Å². The van der Waals surface area contributed by atoms with Crippen LogP contribution in [0.3, 0.4) is 0 Å². The number of nitrogens with zero attached hydrogens (tertiary/aromatic N) is 3. The number of hydrogen-bond donors (Lipinski definition) is 0. The van der Waals surface area contributed by atoms with Crippen LogP contribution in [0.5, 0.6) is 5.75 Å². The molecule has 0 radical (unpaired) electrons. The minimum atomic E-state index is 0.573. The number of rotatable bonds is 1. The van der Waals surface area contributed by atoms with Gasteiger partial charge >= 0.3 is 0 Å². The number of thiophene rings is 1. The fourth-order valence-corrected chi connectivity index (χ4v) is 9.37. The average Bonchev–Trinajstić information content (AvgIpc) is 3.63. The van der Waals surface area contributed by atoms with Gasteiger partial charge in [0.15, 0.2) is 0 Å². The highest BCUT2D eigenvalue weighted by molar-refractivity contribution is 7.99. The summed E-state index contributed by atoms with van der Waals surface area (Å²) in [5, 5.41) is 6.14. The second-order valence-electron chi connectivity index (χ2n) is 11.2. The van der Waals surface area contributed by atoms with Crippen molar-refractivity contribution in [2.45, 2.75) is 16.2 Å². The van der Waals surface area contributed by atoms with Gasteiger partial charge in [0, 0.05) is 57.2 Å². The van der Waals surface area contributed by atoms with Crippen LogP contribution >= 0.6 is 23.1 Å². The van der Waals surface area contributed by atoms with Crippen LogP contribution in [0.15, 0.2) is 125 Å². The number of allylic oxidation sites excluding steroid dienone is 3. The maximum atomic E-state index is 6.19. The van der Waals surface area contributed by atoms with Gasteiger partial charge in [-0.2, -0.15) is 0 Å². The van der Waals surface area contributed by atoms with Gasteiger partial charge in [-0.15, -0.1) is 11.3 Å². The van der Waals surface area contributed by atoms with Gasteiger partial charge in [0.1, 0.15) is 12.4 Å². The van der Waals surface area contributed by atoms with Crippen LogP contribution in [-0.2, 0) is 6.42 Å². The molecule has 3 aromatic heterocycles. The number of aromatic nitrogens is 3. The van der Waals surface area contributed by atoms with E-state index >= 15 is 0 Å². The van der Waals surface area contributed by atoms with E-state index in [-0.39, 0.29) is 0 Å². The van der Waals surface area contributed by atoms with E-state index < -0.39 is 0 Å². The van der Waals surface area contributed by atoms with Gasteiger partial charge in [0.05, 0.1) is 22.2 Å². The highest BCUT2D eigenvalue weighted by Crippen LogP contribution is 2.48. The molecule has 4 nitrogen and oxygen atoms in total. The lowest BCUT2D eigenvalue weighted by atomic mass is 10.0. The van der Waals surface area contributed by atoms with Crippen molar-refractivity contribution in [2.24, 2.45) is 0 Å². The van der Waals surface area contributed by atoms with Crippen molar-refractivity contribution in [3.63, 3.8) is 0 Å². The lowest BCUT2D eigenvalue weighted by Gasteiger charge is -2.20. The van der Waals surface area contributed by atoms with Crippen molar-refractivity contribution in [1.29, 1.82) is 0 Å². The molecule has 0 amide bonds. The quantitative estimate of drug-likeness (QED) is 0.188. The molecule has 5 heterocycles. The zero-order valence-corrected chi connectivity index (χ0v) is 25.1. The van der Waals surface area contributed by atoms with Gasteiger partial charge in [-0.25, -0.2) is 9.97 Å². The molecule has 208 valence electrons. The van der Waals surface area contributed by atoms with Crippen molar-refractivity contribution in [3.8, 4) is 23.0 Å². The Morgan fingerprint density at radius 1 is 0.659 bits per heavy atom. The van der Waals surface area contributed by atoms with Crippen LogP contribution < -0.4 is 4.74 Å². The molecule has 0 bridgehead atoms. The normalized spacial score (nSPS) is 14.1. The molecular formula is C38H23N3OS2. The molecule has 0 spiro atoms. The van der Waals surface area contributed by atoms with Gasteiger partial charge in [-0.05, 0) is 55.0 Å². The zero-order chi connectivity index (χ0) is 28.8. The minimum absolute atomic E-state index is 0.573. The molecular weight excluding hydrogens is 579 g/mol. The van der Waals surface area contributed by atoms with Gasteiger partial charge in [-0.3, -0.25) is 4.57 Å². The Morgan fingerprint density at radius 3 is 2.50 bits per heavy atom. The predicted molar refractivity (Wildman–Crippen MR) is 184 cm³/mol. The van der Waals surface area contributed by atoms with Gasteiger partial charge < -0.3 is 4.74 Å². The fraction of sp³-hybridized carbons (Fsp3) is 0.0526. The van der Waals surface area contributed by atoms with E-state index in [0.29, 0.717) is 12.6 Å². The number of benzene rings is 5. The summed E-state index contributed by atoms with van der Waals surface area (Å²) in [7, 11) is 0. The molecule has 10 rings (SSSR count). The summed E-state index contributed by atoms with van der Waals surface area (Å²) >= 11 is 3.67. The molecule has 5 aromatic carbocycles. The monoisotopic (exact) mass is 601 g/mol. The Kier molecular flexibility index (Phi) is 5.18. The first-order valence-corrected chi connectivity index (χ1v) is 16.4. The van der Waals surface area contributed by atoms with Crippen molar-refractivity contribution >= 4 is 76.0 Å². The average molecular weight is 602 g/mol. The molecule has 2 aliphatic heterocycles. The molecule has 0 atom stereocenters. The first-order valence-electron chi connectivity index (χ1n) is 14.8. The molecule has 2 aliphatic rings. The Morgan fingerprint density at radius 2 is 1.50 bits per heavy atom. The van der Waals surface area contributed by atoms with E-state index in [9.17, 15) is 0 Å². The summed E-state index contributed by atoms with van der Waals surface area (Å²) in [6.07, 6.45) is 9.30. The van der Waals surface area contributed by atoms with Gasteiger partial charge in [0.2, 0.25) is 5.95 Å². The minimum Gasteiger partial charge on any atom is -0.489 e. The topological polar surface area (TPSA) is 39.9 Å². The highest BCUT2D eigenvalue weighted by atomic mass is 32.2. The number of ether oxygens (including phenoxy) is 1. The summed E-state index contributed by atoms with van der Waals surface area (Å²) in [4.78, 5) is 13.0. The fourth-order valence-electron chi connectivity index (χ4n) is 6.86. The number of hydrogen-bond acceptors (Lipinski definition) is 5. The highest BCUT2D eigenvalue weighted by Gasteiger charge is 2.25. The molecule has 0 N–H and O–H groups in total. The largest absolute Gasteiger partial charge is 0.489 e. The van der Waals surface area contributed by atoms with Gasteiger partial charge in [0.25, 0.3) is 0 Å². The first kappa shape index (κ1) is 24.5. The summed E-state index contributed by atoms with van der Waals surface area (Å²) in [5.41, 5.74) is 6.61. The lowest BCUT2D eigenvalue weighted by molar-refractivity contribution is 0.360. The van der Waals surface area contributed by atoms with Crippen LogP contribution in [0.1, 0.15) is 5.56 Å². The molecule has 8 aromatic rings. The SMILES string of the molecule is C1=CCOc2ccc3c(sc4c3ccc3c4c4ccccc4n3-c3nc4c5c(cccc5n3)Sc3ccccc3-4)c2CC=C1. The third-order valence-corrected chi connectivity index (χ3v) is 11.2. The molecule has 0 saturated carbocycles. The predicted octanol–water partition coefficient (Wildman–Crippen LogP) is 10.3. The smallest absolute Gasteiger partial charge is 0.235 e. The molecule has 6 heteroatoms. The van der Waals surface area contributed by atoms with E-state index in [2.05, 4.69) is 120 Å². The third-order valence-electron chi connectivity index (χ3n) is 8.78. The Balaban J connectivity index is 1.29.